The van der Waals surface area contributed by atoms with E-state index in [0.29, 0.717) is 41.5 Å². The Morgan fingerprint density at radius 2 is 1.50 bits per heavy atom. The predicted molar refractivity (Wildman–Crippen MR) is 165 cm³/mol. The van der Waals surface area contributed by atoms with E-state index in [9.17, 15) is 30.7 Å². The molecule has 0 radical (unpaired) electrons. The highest BCUT2D eigenvalue weighted by atomic mass is 19.3. The summed E-state index contributed by atoms with van der Waals surface area (Å²) >= 11 is 0. The summed E-state index contributed by atoms with van der Waals surface area (Å²) in [7, 11) is 0. The van der Waals surface area contributed by atoms with Gasteiger partial charge in [0.25, 0.3) is 0 Å². The molecule has 4 aromatic rings. The van der Waals surface area contributed by atoms with Crippen LogP contribution in [-0.2, 0) is 0 Å². The first-order chi connectivity index (χ1) is 22.0. The standard InChI is InChI=1S/C37H34F7NO/c1-2-3-4-5-23-6-8-24(9-7-23)27-12-15-35(45-22-27)26-11-10-25(31(38)18-26)16-17-37(43,44)46-29-13-14-30(32(39)21-29)28-19-33(40)36(42)34(41)20-28/h10-24H,2-9H2,1H3. The van der Waals surface area contributed by atoms with Crippen molar-refractivity contribution in [1.82, 2.24) is 4.98 Å². The van der Waals surface area contributed by atoms with Gasteiger partial charge in [-0.3, -0.25) is 4.98 Å². The molecule has 9 heteroatoms. The van der Waals surface area contributed by atoms with Gasteiger partial charge >= 0.3 is 6.11 Å². The van der Waals surface area contributed by atoms with Gasteiger partial charge in [-0.15, -0.1) is 0 Å². The Labute approximate surface area is 264 Å². The number of alkyl halides is 2. The maximum atomic E-state index is 14.9. The van der Waals surface area contributed by atoms with Crippen LogP contribution in [-0.4, -0.2) is 11.1 Å². The van der Waals surface area contributed by atoms with Crippen LogP contribution in [0.2, 0.25) is 0 Å². The minimum absolute atomic E-state index is 0.124. The Morgan fingerprint density at radius 3 is 2.13 bits per heavy atom. The molecule has 5 rings (SSSR count). The van der Waals surface area contributed by atoms with E-state index in [1.54, 1.807) is 6.07 Å². The summed E-state index contributed by atoms with van der Waals surface area (Å²) in [6, 6.07) is 11.7. The number of unbranched alkanes of at least 4 members (excludes halogenated alkanes) is 2. The van der Waals surface area contributed by atoms with E-state index in [2.05, 4.69) is 16.6 Å². The van der Waals surface area contributed by atoms with Gasteiger partial charge in [0.15, 0.2) is 17.5 Å². The highest BCUT2D eigenvalue weighted by Gasteiger charge is 2.28. The van der Waals surface area contributed by atoms with Gasteiger partial charge in [-0.25, -0.2) is 22.0 Å². The van der Waals surface area contributed by atoms with Crippen LogP contribution in [0.15, 0.2) is 72.9 Å². The molecular formula is C37H34F7NO. The van der Waals surface area contributed by atoms with Crippen molar-refractivity contribution < 1.29 is 35.5 Å². The molecule has 0 spiro atoms. The molecule has 1 aliphatic carbocycles. The minimum Gasteiger partial charge on any atom is -0.429 e. The second-order valence-electron chi connectivity index (χ2n) is 11.8. The number of benzene rings is 3. The van der Waals surface area contributed by atoms with Crippen molar-refractivity contribution in [3.05, 3.63) is 113 Å². The smallest absolute Gasteiger partial charge is 0.419 e. The Morgan fingerprint density at radius 1 is 0.783 bits per heavy atom. The van der Waals surface area contributed by atoms with Crippen LogP contribution in [0.1, 0.15) is 75.3 Å². The quantitative estimate of drug-likeness (QED) is 0.0924. The normalized spacial score (nSPS) is 17.0. The summed E-state index contributed by atoms with van der Waals surface area (Å²) in [4.78, 5) is 4.54. The molecule has 0 unspecified atom stereocenters. The van der Waals surface area contributed by atoms with E-state index in [1.165, 1.54) is 56.2 Å². The molecule has 0 amide bonds. The maximum Gasteiger partial charge on any atom is 0.419 e. The summed E-state index contributed by atoms with van der Waals surface area (Å²) in [5, 5.41) is 0. The van der Waals surface area contributed by atoms with E-state index in [-0.39, 0.29) is 16.7 Å². The van der Waals surface area contributed by atoms with Crippen LogP contribution in [0.5, 0.6) is 5.75 Å². The molecule has 0 saturated heterocycles. The van der Waals surface area contributed by atoms with Crippen molar-refractivity contribution in [1.29, 1.82) is 0 Å². The van der Waals surface area contributed by atoms with E-state index >= 15 is 0 Å². The van der Waals surface area contributed by atoms with E-state index in [0.717, 1.165) is 37.0 Å². The third-order valence-corrected chi connectivity index (χ3v) is 8.56. The molecule has 3 aromatic carbocycles. The molecule has 0 bridgehead atoms. The summed E-state index contributed by atoms with van der Waals surface area (Å²) in [5.41, 5.74) is 1.44. The molecule has 1 aliphatic rings. The van der Waals surface area contributed by atoms with Gasteiger partial charge in [-0.05, 0) is 91.1 Å². The number of hydrogen-bond donors (Lipinski definition) is 0. The van der Waals surface area contributed by atoms with Gasteiger partial charge in [0, 0.05) is 35.0 Å². The van der Waals surface area contributed by atoms with Gasteiger partial charge in [-0.2, -0.15) is 8.78 Å². The van der Waals surface area contributed by atoms with Crippen LogP contribution in [0.4, 0.5) is 30.7 Å². The van der Waals surface area contributed by atoms with Gasteiger partial charge < -0.3 is 4.74 Å². The Balaban J connectivity index is 1.20. The van der Waals surface area contributed by atoms with Crippen LogP contribution in [0.25, 0.3) is 28.5 Å². The predicted octanol–water partition coefficient (Wildman–Crippen LogP) is 11.7. The topological polar surface area (TPSA) is 22.1 Å². The van der Waals surface area contributed by atoms with Crippen molar-refractivity contribution in [2.24, 2.45) is 5.92 Å². The second-order valence-corrected chi connectivity index (χ2v) is 11.8. The Kier molecular flexibility index (Phi) is 10.5. The molecular weight excluding hydrogens is 607 g/mol. The number of halogens is 7. The summed E-state index contributed by atoms with van der Waals surface area (Å²) < 4.78 is 104. The highest BCUT2D eigenvalue weighted by molar-refractivity contribution is 5.66. The van der Waals surface area contributed by atoms with Crippen LogP contribution in [0, 0.1) is 35.0 Å². The summed E-state index contributed by atoms with van der Waals surface area (Å²) in [6.07, 6.45) is 8.93. The molecule has 2 nitrogen and oxygen atoms in total. The summed E-state index contributed by atoms with van der Waals surface area (Å²) in [6.45, 7) is 2.22. The molecule has 46 heavy (non-hydrogen) atoms. The van der Waals surface area contributed by atoms with E-state index in [1.807, 2.05) is 18.3 Å². The molecule has 1 aromatic heterocycles. The van der Waals surface area contributed by atoms with Gasteiger partial charge in [0.05, 0.1) is 5.69 Å². The van der Waals surface area contributed by atoms with Crippen LogP contribution >= 0.6 is 0 Å². The number of rotatable bonds is 11. The monoisotopic (exact) mass is 641 g/mol. The zero-order valence-electron chi connectivity index (χ0n) is 25.3. The van der Waals surface area contributed by atoms with Crippen LogP contribution in [0.3, 0.4) is 0 Å². The lowest BCUT2D eigenvalue weighted by Gasteiger charge is -2.28. The van der Waals surface area contributed by atoms with Crippen molar-refractivity contribution in [2.45, 2.75) is 70.3 Å². The van der Waals surface area contributed by atoms with Gasteiger partial charge in [0.2, 0.25) is 0 Å². The average molecular weight is 642 g/mol. The first-order valence-corrected chi connectivity index (χ1v) is 15.5. The number of nitrogens with zero attached hydrogens (tertiary/aromatic N) is 1. The second kappa shape index (κ2) is 14.5. The maximum absolute atomic E-state index is 14.9. The van der Waals surface area contributed by atoms with Crippen molar-refractivity contribution in [3.63, 3.8) is 0 Å². The minimum atomic E-state index is -3.96. The van der Waals surface area contributed by atoms with E-state index < -0.39 is 40.9 Å². The molecule has 0 atom stereocenters. The lowest BCUT2D eigenvalue weighted by Crippen LogP contribution is -2.21. The molecule has 1 fully saturated rings. The Bertz CT molecular complexity index is 1660. The molecule has 242 valence electrons. The largest absolute Gasteiger partial charge is 0.429 e. The van der Waals surface area contributed by atoms with Gasteiger partial charge in [0.1, 0.15) is 17.4 Å². The third-order valence-electron chi connectivity index (χ3n) is 8.56. The number of hydrogen-bond acceptors (Lipinski definition) is 2. The van der Waals surface area contributed by atoms with Crippen molar-refractivity contribution in [3.8, 4) is 28.1 Å². The Hall–Kier alpha value is -4.14. The lowest BCUT2D eigenvalue weighted by atomic mass is 9.77. The molecule has 0 N–H and O–H groups in total. The average Bonchev–Trinajstić information content (AvgIpc) is 3.03. The number of pyridine rings is 1. The van der Waals surface area contributed by atoms with Crippen LogP contribution < -0.4 is 4.74 Å². The lowest BCUT2D eigenvalue weighted by molar-refractivity contribution is -0.131. The highest BCUT2D eigenvalue weighted by Crippen LogP contribution is 2.38. The van der Waals surface area contributed by atoms with E-state index in [4.69, 9.17) is 0 Å². The fraction of sp³-hybridized carbons (Fsp3) is 0.324. The van der Waals surface area contributed by atoms with Gasteiger partial charge in [-0.1, -0.05) is 50.8 Å². The summed E-state index contributed by atoms with van der Waals surface area (Å²) in [5.74, 6) is -5.96. The van der Waals surface area contributed by atoms with Crippen molar-refractivity contribution in [2.75, 3.05) is 0 Å². The van der Waals surface area contributed by atoms with Crippen molar-refractivity contribution >= 4 is 6.08 Å². The number of aromatic nitrogens is 1. The first-order valence-electron chi connectivity index (χ1n) is 15.5. The molecule has 1 saturated carbocycles. The fourth-order valence-corrected chi connectivity index (χ4v) is 5.99. The third kappa shape index (κ3) is 8.17. The first kappa shape index (κ1) is 33.2. The SMILES string of the molecule is CCCCCC1CCC(c2ccc(-c3ccc(C=CC(F)(F)Oc4ccc(-c5cc(F)c(F)c(F)c5)c(F)c4)c(F)c3)nc2)CC1. The molecule has 0 aliphatic heterocycles. The molecule has 1 heterocycles. The zero-order valence-corrected chi connectivity index (χ0v) is 25.3. The zero-order chi connectivity index (χ0) is 32.8. The number of ether oxygens (including phenoxy) is 1. The fourth-order valence-electron chi connectivity index (χ4n) is 5.99.